The van der Waals surface area contributed by atoms with E-state index in [9.17, 15) is 14.9 Å². The van der Waals surface area contributed by atoms with Crippen LogP contribution < -0.4 is 21.3 Å². The lowest BCUT2D eigenvalue weighted by Gasteiger charge is -2.13. The third-order valence-corrected chi connectivity index (χ3v) is 5.05. The number of hydrogen-bond acceptors (Lipinski definition) is 8. The van der Waals surface area contributed by atoms with Crippen LogP contribution in [-0.2, 0) is 9.59 Å². The number of rotatable bonds is 6. The molecule has 10 nitrogen and oxygen atoms in total. The number of nitriles is 1. The Morgan fingerprint density at radius 2 is 2.03 bits per heavy atom. The van der Waals surface area contributed by atoms with Gasteiger partial charge in [0.15, 0.2) is 0 Å². The lowest BCUT2D eigenvalue weighted by atomic mass is 10.1. The molecule has 1 saturated heterocycles. The first-order chi connectivity index (χ1) is 16.0. The van der Waals surface area contributed by atoms with Crippen LogP contribution in [0.4, 0.5) is 23.1 Å². The van der Waals surface area contributed by atoms with Crippen LogP contribution in [0, 0.1) is 11.3 Å². The Balaban J connectivity index is 1.50. The van der Waals surface area contributed by atoms with Crippen LogP contribution in [-0.4, -0.2) is 39.4 Å². The van der Waals surface area contributed by atoms with Crippen molar-refractivity contribution in [2.24, 2.45) is 0 Å². The second-order valence-electron chi connectivity index (χ2n) is 7.51. The molecule has 0 spiro atoms. The molecule has 10 heteroatoms. The molecule has 4 N–H and O–H groups in total. The number of pyridine rings is 1. The van der Waals surface area contributed by atoms with Gasteiger partial charge in [-0.3, -0.25) is 9.59 Å². The number of hydrogen-bond donors (Lipinski definition) is 4. The van der Waals surface area contributed by atoms with Gasteiger partial charge in [0.05, 0.1) is 34.9 Å². The summed E-state index contributed by atoms with van der Waals surface area (Å²) in [6.45, 7) is 2.24. The number of anilines is 4. The van der Waals surface area contributed by atoms with Gasteiger partial charge in [0.1, 0.15) is 11.9 Å². The van der Waals surface area contributed by atoms with Crippen molar-refractivity contribution in [3.63, 3.8) is 0 Å². The molecule has 33 heavy (non-hydrogen) atoms. The molecule has 1 aromatic carbocycles. The van der Waals surface area contributed by atoms with Gasteiger partial charge in [-0.05, 0) is 49.7 Å². The minimum absolute atomic E-state index is 0.136. The molecular formula is C23H22N8O2. The molecule has 0 saturated carbocycles. The highest BCUT2D eigenvalue weighted by molar-refractivity contribution is 5.96. The average molecular weight is 442 g/mol. The lowest BCUT2D eigenvalue weighted by Crippen LogP contribution is -2.35. The standard InChI is InChI=1S/C23H22N8O2/c1-14(32)28-21-7-5-17(13-27-21)29-23-26-10-8-19(31-23)15-4-6-18(16(11-15)12-24)30-22(33)20-3-2-9-25-20/h4-8,10-11,13,20,25H,2-3,9H2,1H3,(H,30,33)(H,26,29,31)(H,27,28,32)/t20-/m0/s1. The predicted octanol–water partition coefficient (Wildman–Crippen LogP) is 2.80. The summed E-state index contributed by atoms with van der Waals surface area (Å²) in [5, 5.41) is 21.3. The van der Waals surface area contributed by atoms with E-state index < -0.39 is 0 Å². The first kappa shape index (κ1) is 21.9. The quantitative estimate of drug-likeness (QED) is 0.456. The number of nitrogens with zero attached hydrogens (tertiary/aromatic N) is 4. The normalized spacial score (nSPS) is 14.8. The second kappa shape index (κ2) is 9.84. The van der Waals surface area contributed by atoms with Crippen LogP contribution in [0.15, 0.2) is 48.8 Å². The van der Waals surface area contributed by atoms with Gasteiger partial charge in [0, 0.05) is 18.7 Å². The summed E-state index contributed by atoms with van der Waals surface area (Å²) in [5.74, 6) is 0.465. The number of aromatic nitrogens is 3. The van der Waals surface area contributed by atoms with E-state index in [1.54, 1.807) is 48.8 Å². The van der Waals surface area contributed by atoms with E-state index in [0.29, 0.717) is 40.0 Å². The molecule has 1 aliphatic rings. The van der Waals surface area contributed by atoms with Crippen LogP contribution in [0.2, 0.25) is 0 Å². The molecule has 0 aliphatic carbocycles. The van der Waals surface area contributed by atoms with Crippen molar-refractivity contribution in [2.75, 3.05) is 22.5 Å². The Morgan fingerprint density at radius 3 is 2.73 bits per heavy atom. The van der Waals surface area contributed by atoms with Crippen LogP contribution in [0.5, 0.6) is 0 Å². The summed E-state index contributed by atoms with van der Waals surface area (Å²) in [5.41, 5.74) is 2.80. The van der Waals surface area contributed by atoms with Crippen molar-refractivity contribution in [2.45, 2.75) is 25.8 Å². The van der Waals surface area contributed by atoms with Gasteiger partial charge >= 0.3 is 0 Å². The highest BCUT2D eigenvalue weighted by atomic mass is 16.2. The first-order valence-corrected chi connectivity index (χ1v) is 10.4. The maximum Gasteiger partial charge on any atom is 0.241 e. The van der Waals surface area contributed by atoms with E-state index in [0.717, 1.165) is 19.4 Å². The molecule has 166 valence electrons. The van der Waals surface area contributed by atoms with E-state index in [1.165, 1.54) is 6.92 Å². The molecule has 1 fully saturated rings. The fourth-order valence-electron chi connectivity index (χ4n) is 3.46. The monoisotopic (exact) mass is 442 g/mol. The molecule has 1 atom stereocenters. The Kier molecular flexibility index (Phi) is 6.52. The van der Waals surface area contributed by atoms with Gasteiger partial charge in [-0.15, -0.1) is 0 Å². The minimum atomic E-state index is -0.228. The Morgan fingerprint density at radius 1 is 1.15 bits per heavy atom. The maximum absolute atomic E-state index is 12.4. The van der Waals surface area contributed by atoms with Gasteiger partial charge < -0.3 is 21.3 Å². The molecule has 1 aliphatic heterocycles. The highest BCUT2D eigenvalue weighted by Gasteiger charge is 2.22. The number of benzene rings is 1. The van der Waals surface area contributed by atoms with Crippen molar-refractivity contribution in [3.8, 4) is 17.3 Å². The van der Waals surface area contributed by atoms with Crippen molar-refractivity contribution < 1.29 is 9.59 Å². The van der Waals surface area contributed by atoms with Crippen molar-refractivity contribution >= 4 is 35.0 Å². The number of nitrogens with one attached hydrogen (secondary N) is 4. The van der Waals surface area contributed by atoms with Gasteiger partial charge in [-0.25, -0.2) is 15.0 Å². The first-order valence-electron chi connectivity index (χ1n) is 10.4. The third-order valence-electron chi connectivity index (χ3n) is 5.05. The summed E-state index contributed by atoms with van der Waals surface area (Å²) in [6.07, 6.45) is 4.92. The lowest BCUT2D eigenvalue weighted by molar-refractivity contribution is -0.118. The second-order valence-corrected chi connectivity index (χ2v) is 7.51. The Bertz CT molecular complexity index is 1210. The topological polar surface area (TPSA) is 145 Å². The largest absolute Gasteiger partial charge is 0.324 e. The van der Waals surface area contributed by atoms with Crippen molar-refractivity contribution in [1.82, 2.24) is 20.3 Å². The van der Waals surface area contributed by atoms with Gasteiger partial charge in [0.2, 0.25) is 17.8 Å². The van der Waals surface area contributed by atoms with E-state index >= 15 is 0 Å². The predicted molar refractivity (Wildman–Crippen MR) is 124 cm³/mol. The molecule has 2 amide bonds. The van der Waals surface area contributed by atoms with Crippen LogP contribution >= 0.6 is 0 Å². The number of carbonyl (C=O) groups excluding carboxylic acids is 2. The summed E-state index contributed by atoms with van der Waals surface area (Å²) >= 11 is 0. The Hall–Kier alpha value is -4.36. The minimum Gasteiger partial charge on any atom is -0.324 e. The fourth-order valence-corrected chi connectivity index (χ4v) is 3.46. The van der Waals surface area contributed by atoms with Gasteiger partial charge in [-0.2, -0.15) is 5.26 Å². The summed E-state index contributed by atoms with van der Waals surface area (Å²) in [7, 11) is 0. The smallest absolute Gasteiger partial charge is 0.241 e. The van der Waals surface area contributed by atoms with Crippen molar-refractivity contribution in [1.29, 1.82) is 5.26 Å². The average Bonchev–Trinajstić information content (AvgIpc) is 3.36. The molecule has 2 aromatic heterocycles. The molecule has 4 rings (SSSR count). The highest BCUT2D eigenvalue weighted by Crippen LogP contribution is 2.25. The van der Waals surface area contributed by atoms with Gasteiger partial charge in [-0.1, -0.05) is 6.07 Å². The summed E-state index contributed by atoms with van der Waals surface area (Å²) in [6, 6.07) is 12.3. The van der Waals surface area contributed by atoms with Crippen molar-refractivity contribution in [3.05, 3.63) is 54.4 Å². The van der Waals surface area contributed by atoms with Crippen LogP contribution in [0.25, 0.3) is 11.3 Å². The van der Waals surface area contributed by atoms with E-state index in [-0.39, 0.29) is 17.9 Å². The molecule has 0 radical (unpaired) electrons. The van der Waals surface area contributed by atoms with E-state index in [4.69, 9.17) is 0 Å². The SMILES string of the molecule is CC(=O)Nc1ccc(Nc2nccc(-c3ccc(NC(=O)[C@@H]4CCCN4)c(C#N)c3)n2)cn1. The molecular weight excluding hydrogens is 420 g/mol. The Labute approximate surface area is 190 Å². The summed E-state index contributed by atoms with van der Waals surface area (Å²) < 4.78 is 0. The van der Waals surface area contributed by atoms with E-state index in [1.807, 2.05) is 0 Å². The maximum atomic E-state index is 12.4. The van der Waals surface area contributed by atoms with Crippen LogP contribution in [0.3, 0.4) is 0 Å². The van der Waals surface area contributed by atoms with E-state index in [2.05, 4.69) is 42.3 Å². The fraction of sp³-hybridized carbons (Fsp3) is 0.217. The number of amides is 2. The van der Waals surface area contributed by atoms with Gasteiger partial charge in [0.25, 0.3) is 0 Å². The molecule has 3 aromatic rings. The summed E-state index contributed by atoms with van der Waals surface area (Å²) in [4.78, 5) is 36.4. The number of carbonyl (C=O) groups is 2. The zero-order valence-corrected chi connectivity index (χ0v) is 17.9. The van der Waals surface area contributed by atoms with Crippen LogP contribution in [0.1, 0.15) is 25.3 Å². The molecule has 0 unspecified atom stereocenters. The molecule has 3 heterocycles. The molecule has 0 bridgehead atoms. The zero-order chi connectivity index (χ0) is 23.2. The third kappa shape index (κ3) is 5.47. The zero-order valence-electron chi connectivity index (χ0n) is 17.9.